The summed E-state index contributed by atoms with van der Waals surface area (Å²) in [7, 11) is 0. The zero-order valence-corrected chi connectivity index (χ0v) is 11.5. The number of hydrogen-bond acceptors (Lipinski definition) is 2. The van der Waals surface area contributed by atoms with Crippen molar-refractivity contribution >= 4 is 5.97 Å². The van der Waals surface area contributed by atoms with E-state index in [4.69, 9.17) is 0 Å². The Morgan fingerprint density at radius 2 is 1.70 bits per heavy atom. The second-order valence-corrected chi connectivity index (χ2v) is 4.80. The summed E-state index contributed by atoms with van der Waals surface area (Å²) in [4.78, 5) is 11.0. The monoisotopic (exact) mass is 300 g/mol. The Morgan fingerprint density at radius 1 is 1.20 bits per heavy atom. The van der Waals surface area contributed by atoms with Crippen molar-refractivity contribution in [1.29, 1.82) is 0 Å². The van der Waals surface area contributed by atoms with E-state index in [1.165, 1.54) is 6.92 Å². The molecule has 7 heteroatoms. The van der Waals surface area contributed by atoms with E-state index in [-0.39, 0.29) is 6.42 Å². The first-order valence-corrected chi connectivity index (χ1v) is 5.80. The van der Waals surface area contributed by atoms with E-state index in [0.29, 0.717) is 6.42 Å². The molecule has 0 aromatic rings. The number of allylic oxidation sites excluding steroid dienone is 2. The van der Waals surface area contributed by atoms with Crippen LogP contribution in [0.15, 0.2) is 24.3 Å². The van der Waals surface area contributed by atoms with E-state index in [1.807, 2.05) is 0 Å². The summed E-state index contributed by atoms with van der Waals surface area (Å²) in [5.41, 5.74) is -0.638. The van der Waals surface area contributed by atoms with Crippen molar-refractivity contribution in [3.8, 4) is 0 Å². The fourth-order valence-corrected chi connectivity index (χ4v) is 1.23. The van der Waals surface area contributed by atoms with Crippen LogP contribution in [0.3, 0.4) is 0 Å². The van der Waals surface area contributed by atoms with Crippen LogP contribution in [0.2, 0.25) is 0 Å². The SMILES string of the molecule is C=CC(C)(CCC=C(C)C)OC(=O)C(F)(F)C(F)(F)F. The Bertz CT molecular complexity index is 394. The van der Waals surface area contributed by atoms with Gasteiger partial charge in [0.1, 0.15) is 5.60 Å². The lowest BCUT2D eigenvalue weighted by atomic mass is 9.99. The molecule has 0 N–H and O–H groups in total. The predicted molar refractivity (Wildman–Crippen MR) is 64.4 cm³/mol. The van der Waals surface area contributed by atoms with Gasteiger partial charge < -0.3 is 4.74 Å². The third-order valence-electron chi connectivity index (χ3n) is 2.56. The molecule has 0 saturated heterocycles. The van der Waals surface area contributed by atoms with Crippen molar-refractivity contribution < 1.29 is 31.5 Å². The Kier molecular flexibility index (Phi) is 5.92. The molecule has 1 atom stereocenters. The molecule has 0 aliphatic heterocycles. The summed E-state index contributed by atoms with van der Waals surface area (Å²) in [6, 6.07) is 0. The molecular weight excluding hydrogens is 283 g/mol. The average molecular weight is 300 g/mol. The molecule has 0 aliphatic carbocycles. The highest BCUT2D eigenvalue weighted by atomic mass is 19.4. The minimum Gasteiger partial charge on any atom is -0.450 e. The fourth-order valence-electron chi connectivity index (χ4n) is 1.23. The Morgan fingerprint density at radius 3 is 2.05 bits per heavy atom. The minimum atomic E-state index is -5.98. The number of halogens is 5. The molecule has 0 amide bonds. The third kappa shape index (κ3) is 4.94. The number of alkyl halides is 5. The quantitative estimate of drug-likeness (QED) is 0.412. The van der Waals surface area contributed by atoms with Gasteiger partial charge in [-0.3, -0.25) is 0 Å². The number of carbonyl (C=O) groups is 1. The van der Waals surface area contributed by atoms with Crippen LogP contribution in [0, 0.1) is 0 Å². The second kappa shape index (κ2) is 6.37. The lowest BCUT2D eigenvalue weighted by molar-refractivity contribution is -0.284. The van der Waals surface area contributed by atoms with Gasteiger partial charge in [-0.25, -0.2) is 4.79 Å². The molecule has 0 heterocycles. The molecular formula is C13H17F5O2. The zero-order chi connectivity index (χ0) is 16.2. The van der Waals surface area contributed by atoms with Crippen molar-refractivity contribution in [2.24, 2.45) is 0 Å². The van der Waals surface area contributed by atoms with Crippen LogP contribution in [0.5, 0.6) is 0 Å². The molecule has 0 spiro atoms. The Labute approximate surface area is 114 Å². The van der Waals surface area contributed by atoms with Crippen LogP contribution < -0.4 is 0 Å². The van der Waals surface area contributed by atoms with Gasteiger partial charge in [0, 0.05) is 0 Å². The van der Waals surface area contributed by atoms with Crippen LogP contribution >= 0.6 is 0 Å². The maximum absolute atomic E-state index is 12.8. The number of hydrogen-bond donors (Lipinski definition) is 0. The van der Waals surface area contributed by atoms with Crippen LogP contribution in [0.4, 0.5) is 22.0 Å². The summed E-state index contributed by atoms with van der Waals surface area (Å²) >= 11 is 0. The maximum Gasteiger partial charge on any atom is 0.465 e. The number of ether oxygens (including phenoxy) is 1. The average Bonchev–Trinajstić information content (AvgIpc) is 2.26. The molecule has 0 bridgehead atoms. The first-order valence-electron chi connectivity index (χ1n) is 5.80. The van der Waals surface area contributed by atoms with E-state index in [1.54, 1.807) is 19.9 Å². The van der Waals surface area contributed by atoms with Gasteiger partial charge in [-0.05, 0) is 39.7 Å². The van der Waals surface area contributed by atoms with Crippen LogP contribution in [0.1, 0.15) is 33.6 Å². The molecule has 1 unspecified atom stereocenters. The number of carbonyl (C=O) groups excluding carboxylic acids is 1. The lowest BCUT2D eigenvalue weighted by Crippen LogP contribution is -2.48. The summed E-state index contributed by atoms with van der Waals surface area (Å²) in [5.74, 6) is -8.15. The predicted octanol–water partition coefficient (Wildman–Crippen LogP) is 4.42. The van der Waals surface area contributed by atoms with Gasteiger partial charge in [-0.1, -0.05) is 18.2 Å². The summed E-state index contributed by atoms with van der Waals surface area (Å²) in [5, 5.41) is 0. The van der Waals surface area contributed by atoms with Gasteiger partial charge in [0.25, 0.3) is 0 Å². The largest absolute Gasteiger partial charge is 0.465 e. The van der Waals surface area contributed by atoms with Crippen LogP contribution in [-0.2, 0) is 9.53 Å². The van der Waals surface area contributed by atoms with Crippen molar-refractivity contribution in [2.45, 2.75) is 51.3 Å². The van der Waals surface area contributed by atoms with Gasteiger partial charge >= 0.3 is 18.1 Å². The van der Waals surface area contributed by atoms with Gasteiger partial charge in [0.05, 0.1) is 0 Å². The first-order chi connectivity index (χ1) is 8.85. The standard InChI is InChI=1S/C13H17F5O2/c1-5-11(4,8-6-7-9(2)3)20-10(19)12(14,15)13(16,17)18/h5,7H,1,6,8H2,2-4H3. The van der Waals surface area contributed by atoms with Gasteiger partial charge in [0.2, 0.25) is 0 Å². The molecule has 0 rings (SSSR count). The van der Waals surface area contributed by atoms with Gasteiger partial charge in [-0.2, -0.15) is 22.0 Å². The van der Waals surface area contributed by atoms with E-state index < -0.39 is 23.7 Å². The lowest BCUT2D eigenvalue weighted by Gasteiger charge is -2.28. The van der Waals surface area contributed by atoms with E-state index in [9.17, 15) is 26.7 Å². The highest BCUT2D eigenvalue weighted by Gasteiger charge is 2.65. The number of esters is 1. The van der Waals surface area contributed by atoms with Gasteiger partial charge in [0.15, 0.2) is 0 Å². The van der Waals surface area contributed by atoms with Gasteiger partial charge in [-0.15, -0.1) is 0 Å². The molecule has 0 fully saturated rings. The maximum atomic E-state index is 12.8. The minimum absolute atomic E-state index is 0.0569. The summed E-state index contributed by atoms with van der Waals surface area (Å²) < 4.78 is 66.0. The molecule has 0 saturated carbocycles. The summed E-state index contributed by atoms with van der Waals surface area (Å²) in [6.45, 7) is 8.13. The summed E-state index contributed by atoms with van der Waals surface area (Å²) in [6.07, 6.45) is -2.78. The fraction of sp³-hybridized carbons (Fsp3) is 0.615. The normalized spacial score (nSPS) is 15.2. The Hall–Kier alpha value is -1.40. The highest BCUT2D eigenvalue weighted by molar-refractivity contribution is 5.79. The molecule has 0 aromatic carbocycles. The first kappa shape index (κ1) is 18.6. The molecule has 0 aliphatic rings. The van der Waals surface area contributed by atoms with E-state index in [2.05, 4.69) is 11.3 Å². The molecule has 0 aromatic heterocycles. The van der Waals surface area contributed by atoms with Crippen LogP contribution in [0.25, 0.3) is 0 Å². The molecule has 0 radical (unpaired) electrons. The molecule has 116 valence electrons. The van der Waals surface area contributed by atoms with Crippen LogP contribution in [-0.4, -0.2) is 23.7 Å². The van der Waals surface area contributed by atoms with E-state index in [0.717, 1.165) is 11.6 Å². The molecule has 2 nitrogen and oxygen atoms in total. The van der Waals surface area contributed by atoms with Crippen molar-refractivity contribution in [1.82, 2.24) is 0 Å². The van der Waals surface area contributed by atoms with E-state index >= 15 is 0 Å². The second-order valence-electron chi connectivity index (χ2n) is 4.80. The Balaban J connectivity index is 4.92. The molecule has 20 heavy (non-hydrogen) atoms. The topological polar surface area (TPSA) is 26.3 Å². The van der Waals surface area contributed by atoms with Crippen molar-refractivity contribution in [3.63, 3.8) is 0 Å². The highest BCUT2D eigenvalue weighted by Crippen LogP contribution is 2.37. The third-order valence-corrected chi connectivity index (χ3v) is 2.56. The number of rotatable bonds is 6. The van der Waals surface area contributed by atoms with Crippen molar-refractivity contribution in [2.75, 3.05) is 0 Å². The zero-order valence-electron chi connectivity index (χ0n) is 11.5. The van der Waals surface area contributed by atoms with Crippen molar-refractivity contribution in [3.05, 3.63) is 24.3 Å². The smallest absolute Gasteiger partial charge is 0.450 e.